The van der Waals surface area contributed by atoms with Crippen LogP contribution in [0.15, 0.2) is 36.7 Å². The van der Waals surface area contributed by atoms with Gasteiger partial charge in [-0.15, -0.1) is 0 Å². The van der Waals surface area contributed by atoms with Crippen LogP contribution in [0.1, 0.15) is 18.4 Å². The number of nitrogens with zero attached hydrogens (tertiary/aromatic N) is 4. The highest BCUT2D eigenvalue weighted by molar-refractivity contribution is 5.75. The molecule has 0 atom stereocenters. The van der Waals surface area contributed by atoms with Crippen LogP contribution in [-0.4, -0.2) is 19.5 Å². The molecule has 96 valence electrons. The minimum absolute atomic E-state index is 0.490. The molecule has 0 saturated heterocycles. The SMILES string of the molecule is CCn1c(Cc2cc(N)ncn2)nc2ccccc21. The van der Waals surface area contributed by atoms with Gasteiger partial charge in [-0.3, -0.25) is 0 Å². The Kier molecular flexibility index (Phi) is 2.87. The van der Waals surface area contributed by atoms with Gasteiger partial charge in [0, 0.05) is 19.0 Å². The molecule has 0 aliphatic rings. The van der Waals surface area contributed by atoms with Crippen molar-refractivity contribution in [2.45, 2.75) is 19.9 Å². The van der Waals surface area contributed by atoms with E-state index in [-0.39, 0.29) is 0 Å². The summed E-state index contributed by atoms with van der Waals surface area (Å²) in [7, 11) is 0. The average molecular weight is 253 g/mol. The number of anilines is 1. The van der Waals surface area contributed by atoms with Crippen molar-refractivity contribution in [1.82, 2.24) is 19.5 Å². The molecule has 0 aliphatic heterocycles. The Bertz CT molecular complexity index is 717. The summed E-state index contributed by atoms with van der Waals surface area (Å²) in [6.07, 6.45) is 2.15. The van der Waals surface area contributed by atoms with Crippen LogP contribution in [0.2, 0.25) is 0 Å². The van der Waals surface area contributed by atoms with Gasteiger partial charge in [-0.1, -0.05) is 12.1 Å². The molecule has 0 saturated carbocycles. The zero-order chi connectivity index (χ0) is 13.2. The van der Waals surface area contributed by atoms with Crippen LogP contribution in [0.25, 0.3) is 11.0 Å². The molecule has 3 aromatic rings. The van der Waals surface area contributed by atoms with E-state index in [2.05, 4.69) is 32.5 Å². The van der Waals surface area contributed by atoms with Crippen molar-refractivity contribution in [3.8, 4) is 0 Å². The number of nitrogens with two attached hydrogens (primary N) is 1. The maximum absolute atomic E-state index is 5.68. The molecule has 5 nitrogen and oxygen atoms in total. The van der Waals surface area contributed by atoms with Crippen LogP contribution >= 0.6 is 0 Å². The lowest BCUT2D eigenvalue weighted by Crippen LogP contribution is -2.04. The van der Waals surface area contributed by atoms with Crippen molar-refractivity contribution < 1.29 is 0 Å². The quantitative estimate of drug-likeness (QED) is 0.775. The number of benzene rings is 1. The summed E-state index contributed by atoms with van der Waals surface area (Å²) in [4.78, 5) is 12.8. The van der Waals surface area contributed by atoms with Crippen molar-refractivity contribution in [3.05, 3.63) is 48.2 Å². The molecule has 2 N–H and O–H groups in total. The second-order valence-electron chi connectivity index (χ2n) is 4.37. The molecule has 5 heteroatoms. The summed E-state index contributed by atoms with van der Waals surface area (Å²) in [5.41, 5.74) is 8.74. The van der Waals surface area contributed by atoms with Gasteiger partial charge >= 0.3 is 0 Å². The number of imidazole rings is 1. The molecule has 1 aromatic carbocycles. The van der Waals surface area contributed by atoms with Crippen molar-refractivity contribution >= 4 is 16.9 Å². The molecule has 19 heavy (non-hydrogen) atoms. The molecular formula is C14H15N5. The molecule has 0 radical (unpaired) electrons. The van der Waals surface area contributed by atoms with E-state index in [1.807, 2.05) is 18.2 Å². The normalized spacial score (nSPS) is 11.0. The molecule has 0 unspecified atom stereocenters. The summed E-state index contributed by atoms with van der Waals surface area (Å²) >= 11 is 0. The Morgan fingerprint density at radius 3 is 2.84 bits per heavy atom. The fraction of sp³-hybridized carbons (Fsp3) is 0.214. The van der Waals surface area contributed by atoms with Gasteiger partial charge in [0.2, 0.25) is 0 Å². The van der Waals surface area contributed by atoms with E-state index in [4.69, 9.17) is 5.73 Å². The van der Waals surface area contributed by atoms with E-state index < -0.39 is 0 Å². The predicted octanol–water partition coefficient (Wildman–Crippen LogP) is 2.02. The van der Waals surface area contributed by atoms with Gasteiger partial charge < -0.3 is 10.3 Å². The van der Waals surface area contributed by atoms with E-state index in [1.54, 1.807) is 6.07 Å². The number of aryl methyl sites for hydroxylation is 1. The fourth-order valence-electron chi connectivity index (χ4n) is 2.29. The molecule has 0 bridgehead atoms. The van der Waals surface area contributed by atoms with Gasteiger partial charge in [0.05, 0.1) is 16.7 Å². The number of hydrogen-bond donors (Lipinski definition) is 1. The highest BCUT2D eigenvalue weighted by atomic mass is 15.1. The first kappa shape index (κ1) is 11.6. The maximum atomic E-state index is 5.68. The Balaban J connectivity index is 2.05. The lowest BCUT2D eigenvalue weighted by molar-refractivity contribution is 0.728. The Morgan fingerprint density at radius 2 is 2.05 bits per heavy atom. The lowest BCUT2D eigenvalue weighted by atomic mass is 10.3. The zero-order valence-electron chi connectivity index (χ0n) is 10.7. The first-order valence-corrected chi connectivity index (χ1v) is 6.28. The lowest BCUT2D eigenvalue weighted by Gasteiger charge is -2.05. The van der Waals surface area contributed by atoms with Gasteiger partial charge in [-0.2, -0.15) is 0 Å². The first-order valence-electron chi connectivity index (χ1n) is 6.28. The highest BCUT2D eigenvalue weighted by Gasteiger charge is 2.10. The van der Waals surface area contributed by atoms with Crippen molar-refractivity contribution in [1.29, 1.82) is 0 Å². The molecular weight excluding hydrogens is 238 g/mol. The third kappa shape index (κ3) is 2.14. The summed E-state index contributed by atoms with van der Waals surface area (Å²) < 4.78 is 2.20. The van der Waals surface area contributed by atoms with Gasteiger partial charge in [0.25, 0.3) is 0 Å². The Labute approximate surface area is 111 Å². The van der Waals surface area contributed by atoms with Gasteiger partial charge in [0.15, 0.2) is 0 Å². The van der Waals surface area contributed by atoms with Crippen LogP contribution in [0.4, 0.5) is 5.82 Å². The van der Waals surface area contributed by atoms with Crippen molar-refractivity contribution in [2.24, 2.45) is 0 Å². The predicted molar refractivity (Wildman–Crippen MR) is 74.7 cm³/mol. The first-order chi connectivity index (χ1) is 9.28. The average Bonchev–Trinajstić information content (AvgIpc) is 2.75. The van der Waals surface area contributed by atoms with Crippen molar-refractivity contribution in [2.75, 3.05) is 5.73 Å². The zero-order valence-corrected chi connectivity index (χ0v) is 10.7. The van der Waals surface area contributed by atoms with Crippen LogP contribution in [0, 0.1) is 0 Å². The largest absolute Gasteiger partial charge is 0.384 e. The van der Waals surface area contributed by atoms with Gasteiger partial charge in [-0.25, -0.2) is 15.0 Å². The van der Waals surface area contributed by atoms with Crippen LogP contribution in [0.3, 0.4) is 0 Å². The minimum atomic E-state index is 0.490. The molecule has 0 aliphatic carbocycles. The number of nitrogen functional groups attached to an aromatic ring is 1. The third-order valence-corrected chi connectivity index (χ3v) is 3.13. The second kappa shape index (κ2) is 4.68. The molecule has 2 aromatic heterocycles. The minimum Gasteiger partial charge on any atom is -0.384 e. The second-order valence-corrected chi connectivity index (χ2v) is 4.37. The smallest absolute Gasteiger partial charge is 0.127 e. The van der Waals surface area contributed by atoms with Crippen LogP contribution < -0.4 is 5.73 Å². The van der Waals surface area contributed by atoms with E-state index in [9.17, 15) is 0 Å². The number of hydrogen-bond acceptors (Lipinski definition) is 4. The highest BCUT2D eigenvalue weighted by Crippen LogP contribution is 2.18. The van der Waals surface area contributed by atoms with E-state index in [1.165, 1.54) is 6.33 Å². The summed E-state index contributed by atoms with van der Waals surface area (Å²) in [6.45, 7) is 3.00. The number of fused-ring (bicyclic) bond motifs is 1. The topological polar surface area (TPSA) is 69.6 Å². The van der Waals surface area contributed by atoms with E-state index in [0.29, 0.717) is 12.2 Å². The molecule has 0 amide bonds. The number of rotatable bonds is 3. The Morgan fingerprint density at radius 1 is 1.21 bits per heavy atom. The van der Waals surface area contributed by atoms with Crippen LogP contribution in [0.5, 0.6) is 0 Å². The number of para-hydroxylation sites is 2. The summed E-state index contributed by atoms with van der Waals surface area (Å²) in [6, 6.07) is 9.94. The summed E-state index contributed by atoms with van der Waals surface area (Å²) in [5, 5.41) is 0. The standard InChI is InChI=1S/C14H15N5/c1-2-19-12-6-4-3-5-11(12)18-14(19)8-10-7-13(15)17-9-16-10/h3-7,9H,2,8H2,1H3,(H2,15,16,17). The van der Waals surface area contributed by atoms with E-state index >= 15 is 0 Å². The molecule has 2 heterocycles. The monoisotopic (exact) mass is 253 g/mol. The Hall–Kier alpha value is -2.43. The molecule has 0 spiro atoms. The molecule has 3 rings (SSSR count). The number of aromatic nitrogens is 4. The third-order valence-electron chi connectivity index (χ3n) is 3.13. The summed E-state index contributed by atoms with van der Waals surface area (Å²) in [5.74, 6) is 1.49. The van der Waals surface area contributed by atoms with Gasteiger partial charge in [-0.05, 0) is 19.1 Å². The molecule has 0 fully saturated rings. The fourth-order valence-corrected chi connectivity index (χ4v) is 2.29. The van der Waals surface area contributed by atoms with Crippen LogP contribution in [-0.2, 0) is 13.0 Å². The van der Waals surface area contributed by atoms with E-state index in [0.717, 1.165) is 29.1 Å². The van der Waals surface area contributed by atoms with Crippen molar-refractivity contribution in [3.63, 3.8) is 0 Å². The van der Waals surface area contributed by atoms with Gasteiger partial charge in [0.1, 0.15) is 18.0 Å². The maximum Gasteiger partial charge on any atom is 0.127 e.